The fraction of sp³-hybridized carbons (Fsp3) is 0.467. The van der Waals surface area contributed by atoms with Crippen molar-refractivity contribution in [3.8, 4) is 0 Å². The van der Waals surface area contributed by atoms with Gasteiger partial charge in [0.15, 0.2) is 5.17 Å². The van der Waals surface area contributed by atoms with Gasteiger partial charge in [0.1, 0.15) is 0 Å². The van der Waals surface area contributed by atoms with Crippen molar-refractivity contribution in [2.24, 2.45) is 10.9 Å². The van der Waals surface area contributed by atoms with Crippen LogP contribution in [-0.2, 0) is 0 Å². The predicted molar refractivity (Wildman–Crippen MR) is 87.9 cm³/mol. The fourth-order valence-corrected chi connectivity index (χ4v) is 3.74. The molecule has 112 valence electrons. The molecule has 1 fully saturated rings. The Morgan fingerprint density at radius 3 is 2.90 bits per heavy atom. The summed E-state index contributed by atoms with van der Waals surface area (Å²) in [6, 6.07) is 9.53. The summed E-state index contributed by atoms with van der Waals surface area (Å²) in [5.41, 5.74) is 0.784. The third-order valence-electron chi connectivity index (χ3n) is 3.81. The zero-order valence-electron chi connectivity index (χ0n) is 11.8. The molecular weight excluding hydrogens is 284 g/mol. The Balaban J connectivity index is 1.52. The number of thioether (sulfide) groups is 1. The zero-order chi connectivity index (χ0) is 14.5. The highest BCUT2D eigenvalue weighted by atomic mass is 32.2. The number of para-hydroxylation sites is 1. The van der Waals surface area contributed by atoms with Crippen LogP contribution in [0.3, 0.4) is 0 Å². The first kappa shape index (κ1) is 14.4. The van der Waals surface area contributed by atoms with Gasteiger partial charge in [0.25, 0.3) is 0 Å². The SMILES string of the molecule is O=C(NC1=NC(C2CCCNC2)CS1)Nc1ccccc1. The van der Waals surface area contributed by atoms with E-state index < -0.39 is 0 Å². The van der Waals surface area contributed by atoms with Crippen LogP contribution in [0.15, 0.2) is 35.3 Å². The number of carbonyl (C=O) groups excluding carboxylic acids is 1. The lowest BCUT2D eigenvalue weighted by Crippen LogP contribution is -2.36. The average Bonchev–Trinajstić information content (AvgIpc) is 2.97. The molecule has 1 saturated heterocycles. The smallest absolute Gasteiger partial charge is 0.316 e. The number of anilines is 1. The average molecular weight is 304 g/mol. The number of nitrogens with one attached hydrogen (secondary N) is 3. The standard InChI is InChI=1S/C15H20N4OS/c20-14(17-12-6-2-1-3-7-12)19-15-18-13(10-21-15)11-5-4-8-16-9-11/h1-3,6-7,11,13,16H,4-5,8-10H2,(H2,17,18,19,20). The highest BCUT2D eigenvalue weighted by Gasteiger charge is 2.28. The molecule has 5 nitrogen and oxygen atoms in total. The van der Waals surface area contributed by atoms with Crippen LogP contribution >= 0.6 is 11.8 Å². The number of benzene rings is 1. The molecule has 1 aromatic rings. The first-order valence-electron chi connectivity index (χ1n) is 7.35. The van der Waals surface area contributed by atoms with E-state index in [0.717, 1.165) is 29.7 Å². The van der Waals surface area contributed by atoms with Crippen molar-refractivity contribution >= 4 is 28.6 Å². The van der Waals surface area contributed by atoms with Crippen LogP contribution in [0.2, 0.25) is 0 Å². The summed E-state index contributed by atoms with van der Waals surface area (Å²) in [6.07, 6.45) is 2.45. The molecule has 0 radical (unpaired) electrons. The number of piperidine rings is 1. The van der Waals surface area contributed by atoms with Crippen molar-refractivity contribution in [1.29, 1.82) is 0 Å². The van der Waals surface area contributed by atoms with Crippen LogP contribution in [-0.4, -0.2) is 36.1 Å². The van der Waals surface area contributed by atoms with Crippen LogP contribution in [0.4, 0.5) is 10.5 Å². The van der Waals surface area contributed by atoms with E-state index in [2.05, 4.69) is 20.9 Å². The fourth-order valence-electron chi connectivity index (χ4n) is 2.69. The monoisotopic (exact) mass is 304 g/mol. The van der Waals surface area contributed by atoms with Crippen molar-refractivity contribution in [2.75, 3.05) is 24.2 Å². The Bertz CT molecular complexity index is 514. The number of hydrogen-bond donors (Lipinski definition) is 3. The van der Waals surface area contributed by atoms with E-state index in [0.29, 0.717) is 12.0 Å². The number of carbonyl (C=O) groups is 1. The normalized spacial score (nSPS) is 25.2. The third-order valence-corrected chi connectivity index (χ3v) is 4.79. The Hall–Kier alpha value is -1.53. The van der Waals surface area contributed by atoms with Crippen LogP contribution in [0, 0.1) is 5.92 Å². The van der Waals surface area contributed by atoms with E-state index in [4.69, 9.17) is 0 Å². The lowest BCUT2D eigenvalue weighted by atomic mass is 9.93. The third kappa shape index (κ3) is 3.98. The number of hydrogen-bond acceptors (Lipinski definition) is 4. The molecule has 6 heteroatoms. The molecule has 0 aromatic heterocycles. The van der Waals surface area contributed by atoms with E-state index in [9.17, 15) is 4.79 Å². The number of rotatable bonds is 2. The molecule has 2 atom stereocenters. The second-order valence-corrected chi connectivity index (χ2v) is 6.37. The van der Waals surface area contributed by atoms with Gasteiger partial charge in [-0.1, -0.05) is 30.0 Å². The maximum Gasteiger partial charge on any atom is 0.325 e. The molecule has 0 aliphatic carbocycles. The van der Waals surface area contributed by atoms with Crippen molar-refractivity contribution in [3.63, 3.8) is 0 Å². The molecule has 2 aliphatic rings. The Morgan fingerprint density at radius 1 is 1.29 bits per heavy atom. The van der Waals surface area contributed by atoms with Crippen LogP contribution in [0.5, 0.6) is 0 Å². The predicted octanol–water partition coefficient (Wildman–Crippen LogP) is 2.28. The Labute approximate surface area is 129 Å². The minimum atomic E-state index is -0.227. The summed E-state index contributed by atoms with van der Waals surface area (Å²) in [4.78, 5) is 16.6. The largest absolute Gasteiger partial charge is 0.325 e. The first-order chi connectivity index (χ1) is 10.3. The highest BCUT2D eigenvalue weighted by Crippen LogP contribution is 2.26. The Kier molecular flexibility index (Phi) is 4.77. The first-order valence-corrected chi connectivity index (χ1v) is 8.34. The topological polar surface area (TPSA) is 65.5 Å². The van der Waals surface area contributed by atoms with Gasteiger partial charge < -0.3 is 10.6 Å². The number of amidine groups is 1. The van der Waals surface area contributed by atoms with Gasteiger partial charge in [-0.3, -0.25) is 10.3 Å². The minimum absolute atomic E-state index is 0.227. The molecule has 3 N–H and O–H groups in total. The number of urea groups is 1. The molecule has 0 spiro atoms. The molecule has 2 aliphatic heterocycles. The molecule has 2 heterocycles. The molecule has 1 aromatic carbocycles. The van der Waals surface area contributed by atoms with E-state index in [1.807, 2.05) is 30.3 Å². The highest BCUT2D eigenvalue weighted by molar-refractivity contribution is 8.14. The van der Waals surface area contributed by atoms with Gasteiger partial charge in [-0.05, 0) is 37.4 Å². The van der Waals surface area contributed by atoms with E-state index >= 15 is 0 Å². The maximum atomic E-state index is 11.9. The number of nitrogens with zero attached hydrogens (tertiary/aromatic N) is 1. The molecule has 21 heavy (non-hydrogen) atoms. The summed E-state index contributed by atoms with van der Waals surface area (Å²) >= 11 is 1.63. The zero-order valence-corrected chi connectivity index (χ0v) is 12.7. The lowest BCUT2D eigenvalue weighted by Gasteiger charge is -2.25. The molecule has 3 rings (SSSR count). The van der Waals surface area contributed by atoms with Gasteiger partial charge in [0.2, 0.25) is 0 Å². The van der Waals surface area contributed by atoms with Crippen molar-refractivity contribution in [2.45, 2.75) is 18.9 Å². The Morgan fingerprint density at radius 2 is 2.14 bits per heavy atom. The van der Waals surface area contributed by atoms with Crippen molar-refractivity contribution < 1.29 is 4.79 Å². The van der Waals surface area contributed by atoms with Crippen molar-refractivity contribution in [3.05, 3.63) is 30.3 Å². The van der Waals surface area contributed by atoms with Gasteiger partial charge in [0.05, 0.1) is 6.04 Å². The van der Waals surface area contributed by atoms with Gasteiger partial charge >= 0.3 is 6.03 Å². The van der Waals surface area contributed by atoms with Crippen LogP contribution in [0.1, 0.15) is 12.8 Å². The van der Waals surface area contributed by atoms with Crippen LogP contribution in [0.25, 0.3) is 0 Å². The van der Waals surface area contributed by atoms with Gasteiger partial charge in [0, 0.05) is 18.0 Å². The van der Waals surface area contributed by atoms with Crippen molar-refractivity contribution in [1.82, 2.24) is 10.6 Å². The second-order valence-electron chi connectivity index (χ2n) is 5.36. The van der Waals surface area contributed by atoms with E-state index in [-0.39, 0.29) is 6.03 Å². The van der Waals surface area contributed by atoms with Gasteiger partial charge in [-0.2, -0.15) is 0 Å². The number of aliphatic imine (C=N–C) groups is 1. The summed E-state index contributed by atoms with van der Waals surface area (Å²) in [5, 5.41) is 9.80. The summed E-state index contributed by atoms with van der Waals surface area (Å²) in [6.45, 7) is 2.16. The van der Waals surface area contributed by atoms with Gasteiger partial charge in [-0.15, -0.1) is 0 Å². The second kappa shape index (κ2) is 6.95. The summed E-state index contributed by atoms with van der Waals surface area (Å²) in [5.74, 6) is 1.57. The quantitative estimate of drug-likeness (QED) is 0.785. The molecule has 0 bridgehead atoms. The van der Waals surface area contributed by atoms with E-state index in [1.54, 1.807) is 11.8 Å². The van der Waals surface area contributed by atoms with Gasteiger partial charge in [-0.25, -0.2) is 4.79 Å². The molecular formula is C15H20N4OS. The summed E-state index contributed by atoms with van der Waals surface area (Å²) in [7, 11) is 0. The molecule has 2 amide bonds. The lowest BCUT2D eigenvalue weighted by molar-refractivity contribution is 0.256. The maximum absolute atomic E-state index is 11.9. The summed E-state index contributed by atoms with van der Waals surface area (Å²) < 4.78 is 0. The minimum Gasteiger partial charge on any atom is -0.316 e. The molecule has 2 unspecified atom stereocenters. The van der Waals surface area contributed by atoms with E-state index in [1.165, 1.54) is 12.8 Å². The number of amides is 2. The molecule has 0 saturated carbocycles. The van der Waals surface area contributed by atoms with Crippen LogP contribution < -0.4 is 16.0 Å².